The fourth-order valence-electron chi connectivity index (χ4n) is 3.42. The number of aromatic nitrogens is 3. The van der Waals surface area contributed by atoms with Gasteiger partial charge in [-0.25, -0.2) is 4.99 Å². The first kappa shape index (κ1) is 22.9. The van der Waals surface area contributed by atoms with Gasteiger partial charge in [-0.15, -0.1) is 10.2 Å². The lowest BCUT2D eigenvalue weighted by molar-refractivity contribution is 0.195. The number of nitrogens with zero attached hydrogens (tertiary/aromatic N) is 4. The third-order valence-corrected chi connectivity index (χ3v) is 5.20. The van der Waals surface area contributed by atoms with Gasteiger partial charge in [-0.2, -0.15) is 0 Å². The predicted molar refractivity (Wildman–Crippen MR) is 120 cm³/mol. The van der Waals surface area contributed by atoms with Crippen LogP contribution in [0.25, 0.3) is 0 Å². The molecular weight excluding hydrogens is 396 g/mol. The highest BCUT2D eigenvalue weighted by Crippen LogP contribution is 2.35. The monoisotopic (exact) mass is 430 g/mol. The number of aliphatic imine (C=N–C) groups is 1. The molecule has 31 heavy (non-hydrogen) atoms. The number of fused-ring (bicyclic) bond motifs is 1. The Bertz CT molecular complexity index is 896. The summed E-state index contributed by atoms with van der Waals surface area (Å²) in [5.41, 5.74) is 2.19. The van der Waals surface area contributed by atoms with Gasteiger partial charge in [-0.05, 0) is 39.3 Å². The van der Waals surface area contributed by atoms with E-state index in [0.717, 1.165) is 48.1 Å². The van der Waals surface area contributed by atoms with E-state index in [4.69, 9.17) is 19.2 Å². The predicted octanol–water partition coefficient (Wildman–Crippen LogP) is 2.12. The second kappa shape index (κ2) is 11.0. The van der Waals surface area contributed by atoms with Crippen LogP contribution in [0, 0.1) is 6.92 Å². The minimum absolute atomic E-state index is 0.192. The van der Waals surface area contributed by atoms with Gasteiger partial charge in [0.25, 0.3) is 0 Å². The number of methoxy groups -OCH3 is 1. The third kappa shape index (κ3) is 6.10. The van der Waals surface area contributed by atoms with E-state index in [1.807, 2.05) is 25.5 Å². The van der Waals surface area contributed by atoms with Crippen LogP contribution in [0.5, 0.6) is 11.5 Å². The first-order chi connectivity index (χ1) is 15.0. The number of guanidine groups is 1. The fourth-order valence-corrected chi connectivity index (χ4v) is 3.42. The molecule has 3 rings (SSSR count). The molecule has 0 saturated heterocycles. The molecule has 0 amide bonds. The highest BCUT2D eigenvalue weighted by molar-refractivity contribution is 5.79. The summed E-state index contributed by atoms with van der Waals surface area (Å²) in [4.78, 5) is 4.79. The molecule has 1 aromatic heterocycles. The van der Waals surface area contributed by atoms with E-state index in [2.05, 4.69) is 39.9 Å². The molecule has 9 nitrogen and oxygen atoms in total. The number of aryl methyl sites for hydroxylation is 1. The maximum atomic E-state index is 5.93. The van der Waals surface area contributed by atoms with Gasteiger partial charge in [0.15, 0.2) is 11.8 Å². The maximum absolute atomic E-state index is 5.93. The minimum atomic E-state index is 0.192. The van der Waals surface area contributed by atoms with Crippen LogP contribution in [-0.4, -0.2) is 53.7 Å². The molecule has 2 N–H and O–H groups in total. The van der Waals surface area contributed by atoms with E-state index in [0.29, 0.717) is 32.3 Å². The second-order valence-corrected chi connectivity index (χ2v) is 7.65. The molecule has 0 spiro atoms. The number of rotatable bonds is 10. The summed E-state index contributed by atoms with van der Waals surface area (Å²) in [6.45, 7) is 9.05. The van der Waals surface area contributed by atoms with Gasteiger partial charge >= 0.3 is 0 Å². The van der Waals surface area contributed by atoms with Crippen LogP contribution in [0.15, 0.2) is 17.1 Å². The van der Waals surface area contributed by atoms with Crippen molar-refractivity contribution in [2.75, 3.05) is 26.9 Å². The number of nitrogens with one attached hydrogen (secondary N) is 2. The van der Waals surface area contributed by atoms with Gasteiger partial charge in [0.05, 0.1) is 19.7 Å². The molecule has 2 aromatic rings. The first-order valence-electron chi connectivity index (χ1n) is 10.8. The Balaban J connectivity index is 1.74. The molecule has 2 heterocycles. The Morgan fingerprint density at radius 2 is 2.16 bits per heavy atom. The van der Waals surface area contributed by atoms with E-state index in [1.165, 1.54) is 5.56 Å². The van der Waals surface area contributed by atoms with Gasteiger partial charge in [0.1, 0.15) is 23.4 Å². The lowest BCUT2D eigenvalue weighted by atomic mass is 10.1. The van der Waals surface area contributed by atoms with Gasteiger partial charge in [0, 0.05) is 44.9 Å². The summed E-state index contributed by atoms with van der Waals surface area (Å²) in [6.07, 6.45) is 1.98. The highest BCUT2D eigenvalue weighted by Gasteiger charge is 2.21. The molecule has 1 aliphatic heterocycles. The number of hydrogen-bond acceptors (Lipinski definition) is 6. The summed E-state index contributed by atoms with van der Waals surface area (Å²) in [5, 5.41) is 15.0. The van der Waals surface area contributed by atoms with Gasteiger partial charge < -0.3 is 29.4 Å². The topological polar surface area (TPSA) is 94.8 Å². The van der Waals surface area contributed by atoms with Crippen molar-refractivity contribution < 1.29 is 14.2 Å². The number of ether oxygens (including phenoxy) is 3. The second-order valence-electron chi connectivity index (χ2n) is 7.65. The molecule has 1 aliphatic rings. The molecule has 0 bridgehead atoms. The van der Waals surface area contributed by atoms with Crippen LogP contribution in [0.1, 0.15) is 43.0 Å². The van der Waals surface area contributed by atoms with Crippen LogP contribution >= 0.6 is 0 Å². The zero-order valence-electron chi connectivity index (χ0n) is 19.2. The Kier molecular flexibility index (Phi) is 8.11. The SMILES string of the molecule is CCOc1cc2c(cc1CN=C(NCCCOC)NCc1nnc(C)n1C)OC(C)C2. The molecule has 1 atom stereocenters. The van der Waals surface area contributed by atoms with Gasteiger partial charge in [-0.1, -0.05) is 0 Å². The van der Waals surface area contributed by atoms with E-state index in [1.54, 1.807) is 7.11 Å². The van der Waals surface area contributed by atoms with Crippen molar-refractivity contribution in [3.63, 3.8) is 0 Å². The highest BCUT2D eigenvalue weighted by atomic mass is 16.5. The largest absolute Gasteiger partial charge is 0.494 e. The van der Waals surface area contributed by atoms with E-state index < -0.39 is 0 Å². The third-order valence-electron chi connectivity index (χ3n) is 5.20. The summed E-state index contributed by atoms with van der Waals surface area (Å²) in [6, 6.07) is 4.15. The average molecular weight is 431 g/mol. The normalized spacial score (nSPS) is 15.5. The fraction of sp³-hybridized carbons (Fsp3) is 0.591. The standard InChI is InChI=1S/C22H34N6O3/c1-6-30-19-11-17-10-15(2)31-20(17)12-18(19)13-24-22(23-8-7-9-29-5)25-14-21-27-26-16(3)28(21)4/h11-12,15H,6-10,13-14H2,1-5H3,(H2,23,24,25). The zero-order valence-corrected chi connectivity index (χ0v) is 19.2. The van der Waals surface area contributed by atoms with Crippen molar-refractivity contribution in [2.24, 2.45) is 12.0 Å². The van der Waals surface area contributed by atoms with Gasteiger partial charge in [-0.3, -0.25) is 0 Å². The maximum Gasteiger partial charge on any atom is 0.191 e. The quantitative estimate of drug-likeness (QED) is 0.339. The van der Waals surface area contributed by atoms with Crippen molar-refractivity contribution in [1.29, 1.82) is 0 Å². The Morgan fingerprint density at radius 1 is 1.32 bits per heavy atom. The number of hydrogen-bond donors (Lipinski definition) is 2. The zero-order chi connectivity index (χ0) is 22.2. The summed E-state index contributed by atoms with van der Waals surface area (Å²) in [7, 11) is 3.66. The lowest BCUT2D eigenvalue weighted by Gasteiger charge is -2.14. The summed E-state index contributed by atoms with van der Waals surface area (Å²) < 4.78 is 18.9. The molecule has 170 valence electrons. The molecule has 9 heteroatoms. The summed E-state index contributed by atoms with van der Waals surface area (Å²) >= 11 is 0. The van der Waals surface area contributed by atoms with Crippen LogP contribution in [0.2, 0.25) is 0 Å². The average Bonchev–Trinajstić information content (AvgIpc) is 3.27. The van der Waals surface area contributed by atoms with E-state index in [-0.39, 0.29) is 6.10 Å². The first-order valence-corrected chi connectivity index (χ1v) is 10.8. The minimum Gasteiger partial charge on any atom is -0.494 e. The van der Waals surface area contributed by atoms with E-state index in [9.17, 15) is 0 Å². The van der Waals surface area contributed by atoms with Crippen LogP contribution < -0.4 is 20.1 Å². The van der Waals surface area contributed by atoms with Crippen molar-refractivity contribution >= 4 is 5.96 Å². The molecule has 0 radical (unpaired) electrons. The molecule has 0 saturated carbocycles. The molecular formula is C22H34N6O3. The molecule has 1 unspecified atom stereocenters. The lowest BCUT2D eigenvalue weighted by Crippen LogP contribution is -2.38. The Hall–Kier alpha value is -2.81. The Labute approximate surface area is 184 Å². The smallest absolute Gasteiger partial charge is 0.191 e. The van der Waals surface area contributed by atoms with Crippen molar-refractivity contribution in [3.05, 3.63) is 34.9 Å². The van der Waals surface area contributed by atoms with Gasteiger partial charge in [0.2, 0.25) is 0 Å². The van der Waals surface area contributed by atoms with Crippen molar-refractivity contribution in [2.45, 2.75) is 52.8 Å². The van der Waals surface area contributed by atoms with E-state index >= 15 is 0 Å². The van der Waals surface area contributed by atoms with Crippen LogP contribution in [0.3, 0.4) is 0 Å². The van der Waals surface area contributed by atoms with Crippen molar-refractivity contribution in [3.8, 4) is 11.5 Å². The molecule has 0 aliphatic carbocycles. The summed E-state index contributed by atoms with van der Waals surface area (Å²) in [5.74, 6) is 4.22. The van der Waals surface area contributed by atoms with Crippen LogP contribution in [-0.2, 0) is 31.3 Å². The Morgan fingerprint density at radius 3 is 2.87 bits per heavy atom. The number of benzene rings is 1. The van der Waals surface area contributed by atoms with Crippen molar-refractivity contribution in [1.82, 2.24) is 25.4 Å². The molecule has 1 aromatic carbocycles. The molecule has 0 fully saturated rings. The van der Waals surface area contributed by atoms with Crippen LogP contribution in [0.4, 0.5) is 0 Å².